The van der Waals surface area contributed by atoms with Crippen LogP contribution in [0, 0.1) is 0 Å². The molecular formula is C34H55FN4O4. The van der Waals surface area contributed by atoms with E-state index in [2.05, 4.69) is 64.2 Å². The summed E-state index contributed by atoms with van der Waals surface area (Å²) in [6, 6.07) is 0. The maximum atomic E-state index is 13.2. The second-order valence-corrected chi connectivity index (χ2v) is 13.1. The molecular weight excluding hydrogens is 547 g/mol. The summed E-state index contributed by atoms with van der Waals surface area (Å²) in [5, 5.41) is 36.6. The zero-order chi connectivity index (χ0) is 29.8. The summed E-state index contributed by atoms with van der Waals surface area (Å²) in [5.41, 5.74) is 0.781. The lowest BCUT2D eigenvalue weighted by molar-refractivity contribution is 0.100. The number of nitrogens with zero attached hydrogens (tertiary/aromatic N) is 4. The first-order chi connectivity index (χ1) is 20.3. The van der Waals surface area contributed by atoms with Crippen molar-refractivity contribution in [2.45, 2.75) is 75.0 Å². The number of hydrogen-bond acceptors (Lipinski definition) is 8. The molecule has 8 heterocycles. The minimum absolute atomic E-state index is 0. The van der Waals surface area contributed by atoms with Gasteiger partial charge in [-0.05, 0) is 71.2 Å². The summed E-state index contributed by atoms with van der Waals surface area (Å²) < 4.78 is 13.2. The van der Waals surface area contributed by atoms with Crippen LogP contribution in [0.4, 0.5) is 4.39 Å². The van der Waals surface area contributed by atoms with Crippen molar-refractivity contribution in [3.05, 3.63) is 60.0 Å². The lowest BCUT2D eigenvalue weighted by Crippen LogP contribution is -2.43. The molecule has 0 amide bonds. The van der Waals surface area contributed by atoms with Crippen molar-refractivity contribution in [1.82, 2.24) is 19.6 Å². The highest BCUT2D eigenvalue weighted by atomic mass is 19.1. The normalized spacial score (nSPS) is 34.7. The zero-order valence-corrected chi connectivity index (χ0v) is 25.3. The van der Waals surface area contributed by atoms with Gasteiger partial charge < -0.3 is 20.4 Å². The summed E-state index contributed by atoms with van der Waals surface area (Å²) in [6.07, 6.45) is 23.1. The average Bonchev–Trinajstić information content (AvgIpc) is 3.82. The molecule has 3 atom stereocenters. The van der Waals surface area contributed by atoms with Gasteiger partial charge in [-0.3, -0.25) is 19.6 Å². The molecule has 0 aromatic carbocycles. The number of aliphatic hydroxyl groups is 4. The van der Waals surface area contributed by atoms with Crippen LogP contribution in [0.25, 0.3) is 0 Å². The van der Waals surface area contributed by atoms with Crippen LogP contribution in [-0.2, 0) is 0 Å². The number of fused-ring (bicyclic) bond motifs is 4. The molecule has 0 radical (unpaired) electrons. The minimum atomic E-state index is -0.611. The lowest BCUT2D eigenvalue weighted by atomic mass is 9.98. The third-order valence-corrected chi connectivity index (χ3v) is 10.7. The summed E-state index contributed by atoms with van der Waals surface area (Å²) in [7, 11) is 0. The Morgan fingerprint density at radius 3 is 1.81 bits per heavy atom. The molecule has 0 bridgehead atoms. The minimum Gasteiger partial charge on any atom is -0.394 e. The fraction of sp³-hybridized carbons (Fsp3) is 0.706. The van der Waals surface area contributed by atoms with Gasteiger partial charge in [0.15, 0.2) is 0 Å². The van der Waals surface area contributed by atoms with E-state index in [9.17, 15) is 9.50 Å². The molecule has 0 aromatic rings. The van der Waals surface area contributed by atoms with Crippen LogP contribution in [0.15, 0.2) is 60.0 Å². The largest absolute Gasteiger partial charge is 0.394 e. The van der Waals surface area contributed by atoms with Crippen molar-refractivity contribution in [2.24, 2.45) is 0 Å². The third-order valence-electron chi connectivity index (χ3n) is 10.7. The predicted molar refractivity (Wildman–Crippen MR) is 170 cm³/mol. The van der Waals surface area contributed by atoms with Gasteiger partial charge in [-0.25, -0.2) is 4.39 Å². The van der Waals surface area contributed by atoms with E-state index in [1.54, 1.807) is 6.08 Å². The molecule has 4 N–H and O–H groups in total. The topological polar surface area (TPSA) is 93.9 Å². The molecule has 43 heavy (non-hydrogen) atoms. The van der Waals surface area contributed by atoms with E-state index in [1.807, 2.05) is 4.90 Å². The fourth-order valence-corrected chi connectivity index (χ4v) is 8.20. The second kappa shape index (κ2) is 14.2. The van der Waals surface area contributed by atoms with Gasteiger partial charge in [0.2, 0.25) is 0 Å². The Morgan fingerprint density at radius 2 is 1.26 bits per heavy atom. The monoisotopic (exact) mass is 602 g/mol. The van der Waals surface area contributed by atoms with E-state index in [0.717, 1.165) is 71.5 Å². The molecule has 3 fully saturated rings. The first-order valence-corrected chi connectivity index (χ1v) is 15.8. The van der Waals surface area contributed by atoms with Crippen molar-refractivity contribution in [2.75, 3.05) is 78.8 Å². The highest BCUT2D eigenvalue weighted by molar-refractivity contribution is 5.29. The van der Waals surface area contributed by atoms with Gasteiger partial charge in [0.25, 0.3) is 0 Å². The standard InChI is InChI=1S/C9H15NO.C8H12FNO.C8H13NO.C8H11NO.CH4/c1-8-5-9(7-11)3-2-4-10(9)6-8;9-7-2-5-10-4-1-3-8(7,10)6-11;2*10-7-8-3-1-5-9(8)6-2-4-8;/h5,11H,2-4,6-7H2,1H3;2,11H,1,3-6H2;1,3,10H,2,4-7H2;1-4,10H,5-7H2;1H4. The van der Waals surface area contributed by atoms with E-state index >= 15 is 0 Å². The van der Waals surface area contributed by atoms with Crippen LogP contribution in [0.2, 0.25) is 0 Å². The number of hydrogen-bond donors (Lipinski definition) is 4. The van der Waals surface area contributed by atoms with Gasteiger partial charge in [0.1, 0.15) is 5.83 Å². The Kier molecular flexibility index (Phi) is 11.3. The zero-order valence-electron chi connectivity index (χ0n) is 25.3. The molecule has 9 heteroatoms. The van der Waals surface area contributed by atoms with Crippen molar-refractivity contribution in [3.8, 4) is 0 Å². The molecule has 8 aliphatic rings. The number of rotatable bonds is 4. The van der Waals surface area contributed by atoms with Crippen molar-refractivity contribution < 1.29 is 24.8 Å². The molecule has 242 valence electrons. The number of halogens is 1. The summed E-state index contributed by atoms with van der Waals surface area (Å²) in [6.45, 7) is 10.9. The molecule has 0 spiro atoms. The van der Waals surface area contributed by atoms with Crippen molar-refractivity contribution >= 4 is 0 Å². The second-order valence-electron chi connectivity index (χ2n) is 13.1. The Morgan fingerprint density at radius 1 is 0.674 bits per heavy atom. The van der Waals surface area contributed by atoms with Gasteiger partial charge in [-0.2, -0.15) is 0 Å². The molecule has 0 saturated carbocycles. The van der Waals surface area contributed by atoms with E-state index < -0.39 is 5.54 Å². The quantitative estimate of drug-likeness (QED) is 0.365. The average molecular weight is 603 g/mol. The molecule has 0 aliphatic carbocycles. The van der Waals surface area contributed by atoms with Crippen LogP contribution in [0.1, 0.15) is 52.9 Å². The van der Waals surface area contributed by atoms with Crippen LogP contribution >= 0.6 is 0 Å². The molecule has 3 saturated heterocycles. The molecule has 8 aliphatic heterocycles. The van der Waals surface area contributed by atoms with Gasteiger partial charge >= 0.3 is 0 Å². The summed E-state index contributed by atoms with van der Waals surface area (Å²) in [4.78, 5) is 9.00. The van der Waals surface area contributed by atoms with Crippen molar-refractivity contribution in [3.63, 3.8) is 0 Å². The summed E-state index contributed by atoms with van der Waals surface area (Å²) in [5.74, 6) is -0.127. The fourth-order valence-electron chi connectivity index (χ4n) is 8.20. The summed E-state index contributed by atoms with van der Waals surface area (Å²) >= 11 is 0. The van der Waals surface area contributed by atoms with Gasteiger partial charge in [-0.15, -0.1) is 0 Å². The Hall–Kier alpha value is -1.69. The van der Waals surface area contributed by atoms with Crippen LogP contribution in [-0.4, -0.2) is 141 Å². The van der Waals surface area contributed by atoms with Gasteiger partial charge in [-0.1, -0.05) is 55.5 Å². The molecule has 3 unspecified atom stereocenters. The number of aliphatic hydroxyl groups excluding tert-OH is 4. The predicted octanol–water partition coefficient (Wildman–Crippen LogP) is 2.63. The molecule has 8 nitrogen and oxygen atoms in total. The highest BCUT2D eigenvalue weighted by Crippen LogP contribution is 2.40. The Balaban J connectivity index is 0.000000130. The first-order valence-electron chi connectivity index (χ1n) is 15.8. The maximum Gasteiger partial charge on any atom is 0.120 e. The van der Waals surface area contributed by atoms with Crippen LogP contribution in [0.5, 0.6) is 0 Å². The maximum absolute atomic E-state index is 13.2. The van der Waals surface area contributed by atoms with E-state index in [1.165, 1.54) is 18.4 Å². The van der Waals surface area contributed by atoms with Crippen LogP contribution in [0.3, 0.4) is 0 Å². The Labute approximate surface area is 258 Å². The molecule has 8 rings (SSSR count). The van der Waals surface area contributed by atoms with Crippen LogP contribution < -0.4 is 0 Å². The van der Waals surface area contributed by atoms with Gasteiger partial charge in [0, 0.05) is 32.7 Å². The van der Waals surface area contributed by atoms with Gasteiger partial charge in [0.05, 0.1) is 48.6 Å². The van der Waals surface area contributed by atoms with Crippen molar-refractivity contribution in [1.29, 1.82) is 0 Å². The smallest absolute Gasteiger partial charge is 0.120 e. The SMILES string of the molecule is C.CC1=CC2(CO)CCCN2C1.OCC12C=CCN1CC=C2.OCC12C=CCN1CCC2.OCC12CCCN1CC=C2F. The highest BCUT2D eigenvalue weighted by Gasteiger charge is 2.47. The lowest BCUT2D eigenvalue weighted by Gasteiger charge is -2.29. The first kappa shape index (κ1) is 34.2. The third kappa shape index (κ3) is 6.38. The Bertz CT molecular complexity index is 1090. The van der Waals surface area contributed by atoms with E-state index in [-0.39, 0.29) is 43.1 Å². The van der Waals surface area contributed by atoms with E-state index in [0.29, 0.717) is 19.8 Å². The van der Waals surface area contributed by atoms with E-state index in [4.69, 9.17) is 15.3 Å². The molecule has 0 aromatic heterocycles.